The SMILES string of the molecule is C=CC(=O)Nc1cccc(-c2nc(Nc3cccc(N4CCN(C)CC4)c3)nc3[nH]nc(Nc4ccc(N5CCOCC5)c(F)c4)c23)c1. The molecule has 4 heterocycles. The predicted octanol–water partition coefficient (Wildman–Crippen LogP) is 5.36. The first-order valence-corrected chi connectivity index (χ1v) is 15.9. The summed E-state index contributed by atoms with van der Waals surface area (Å²) < 4.78 is 20.7. The molecule has 2 aliphatic rings. The molecule has 0 radical (unpaired) electrons. The number of halogens is 1. The number of amides is 1. The van der Waals surface area contributed by atoms with Crippen molar-refractivity contribution in [2.24, 2.45) is 0 Å². The molecule has 0 saturated carbocycles. The van der Waals surface area contributed by atoms with Crippen molar-refractivity contribution >= 4 is 57.1 Å². The van der Waals surface area contributed by atoms with Gasteiger partial charge in [0.25, 0.3) is 0 Å². The minimum atomic E-state index is -0.339. The lowest BCUT2D eigenvalue weighted by molar-refractivity contribution is -0.111. The van der Waals surface area contributed by atoms with Crippen LogP contribution in [0.4, 0.5) is 44.6 Å². The molecule has 13 heteroatoms. The number of aromatic nitrogens is 4. The summed E-state index contributed by atoms with van der Waals surface area (Å²) in [5.74, 6) is 0.136. The number of morpholine rings is 1. The number of carbonyl (C=O) groups excluding carboxylic acids is 1. The van der Waals surface area contributed by atoms with E-state index in [-0.39, 0.29) is 11.7 Å². The van der Waals surface area contributed by atoms with Gasteiger partial charge < -0.3 is 35.4 Å². The molecule has 0 spiro atoms. The summed E-state index contributed by atoms with van der Waals surface area (Å²) in [6.45, 7) is 9.88. The summed E-state index contributed by atoms with van der Waals surface area (Å²) in [5.41, 5.74) is 5.37. The number of anilines is 7. The number of hydrogen-bond donors (Lipinski definition) is 4. The van der Waals surface area contributed by atoms with Crippen LogP contribution in [0.5, 0.6) is 0 Å². The van der Waals surface area contributed by atoms with Gasteiger partial charge in [-0.25, -0.2) is 9.37 Å². The van der Waals surface area contributed by atoms with Gasteiger partial charge in [-0.2, -0.15) is 10.1 Å². The normalized spacial score (nSPS) is 15.4. The maximum atomic E-state index is 15.3. The van der Waals surface area contributed by atoms with Gasteiger partial charge in [0.15, 0.2) is 11.5 Å². The van der Waals surface area contributed by atoms with Crippen LogP contribution in [-0.4, -0.2) is 90.5 Å². The highest BCUT2D eigenvalue weighted by atomic mass is 19.1. The predicted molar refractivity (Wildman–Crippen MR) is 188 cm³/mol. The van der Waals surface area contributed by atoms with Gasteiger partial charge in [0.05, 0.1) is 30.0 Å². The maximum Gasteiger partial charge on any atom is 0.247 e. The number of fused-ring (bicyclic) bond motifs is 1. The van der Waals surface area contributed by atoms with Crippen LogP contribution in [0.2, 0.25) is 0 Å². The Morgan fingerprint density at radius 2 is 1.67 bits per heavy atom. The summed E-state index contributed by atoms with van der Waals surface area (Å²) in [4.78, 5) is 28.5. The zero-order chi connectivity index (χ0) is 33.0. The number of nitrogens with one attached hydrogen (secondary N) is 4. The van der Waals surface area contributed by atoms with Gasteiger partial charge in [0, 0.05) is 67.6 Å². The number of rotatable bonds is 9. The highest BCUT2D eigenvalue weighted by Crippen LogP contribution is 2.35. The van der Waals surface area contributed by atoms with Crippen LogP contribution in [0.25, 0.3) is 22.3 Å². The monoisotopic (exact) mass is 648 g/mol. The molecule has 3 aromatic carbocycles. The molecule has 2 aliphatic heterocycles. The number of piperazine rings is 1. The first kappa shape index (κ1) is 31.1. The minimum Gasteiger partial charge on any atom is -0.378 e. The summed E-state index contributed by atoms with van der Waals surface area (Å²) in [6.07, 6.45) is 1.22. The minimum absolute atomic E-state index is 0.323. The van der Waals surface area contributed by atoms with E-state index in [0.717, 1.165) is 43.1 Å². The maximum absolute atomic E-state index is 15.3. The summed E-state index contributed by atoms with van der Waals surface area (Å²) in [7, 11) is 2.14. The number of benzene rings is 3. The van der Waals surface area contributed by atoms with E-state index in [4.69, 9.17) is 14.7 Å². The Kier molecular flexibility index (Phi) is 8.86. The third kappa shape index (κ3) is 6.77. The Labute approximate surface area is 277 Å². The summed E-state index contributed by atoms with van der Waals surface area (Å²) in [5, 5.41) is 17.6. The second-order valence-corrected chi connectivity index (χ2v) is 11.8. The Morgan fingerprint density at radius 1 is 0.896 bits per heavy atom. The zero-order valence-corrected chi connectivity index (χ0v) is 26.7. The molecular formula is C35H37FN10O2. The molecule has 0 atom stereocenters. The fraction of sp³-hybridized carbons (Fsp3) is 0.257. The fourth-order valence-electron chi connectivity index (χ4n) is 5.98. The lowest BCUT2D eigenvalue weighted by Crippen LogP contribution is -2.44. The number of carbonyl (C=O) groups is 1. The van der Waals surface area contributed by atoms with Crippen LogP contribution in [0.15, 0.2) is 79.4 Å². The van der Waals surface area contributed by atoms with E-state index < -0.39 is 0 Å². The molecule has 246 valence electrons. The quantitative estimate of drug-likeness (QED) is 0.155. The van der Waals surface area contributed by atoms with Crippen LogP contribution in [-0.2, 0) is 9.53 Å². The summed E-state index contributed by atoms with van der Waals surface area (Å²) in [6, 6.07) is 20.6. The van der Waals surface area contributed by atoms with Crippen LogP contribution >= 0.6 is 0 Å². The molecule has 2 saturated heterocycles. The number of hydrogen-bond acceptors (Lipinski definition) is 10. The van der Waals surface area contributed by atoms with Crippen molar-refractivity contribution in [1.82, 2.24) is 25.1 Å². The molecule has 0 unspecified atom stereocenters. The summed E-state index contributed by atoms with van der Waals surface area (Å²) >= 11 is 0. The van der Waals surface area contributed by atoms with E-state index in [1.165, 1.54) is 12.1 Å². The average Bonchev–Trinajstić information content (AvgIpc) is 3.51. The number of ether oxygens (including phenoxy) is 1. The second kappa shape index (κ2) is 13.7. The largest absolute Gasteiger partial charge is 0.378 e. The molecule has 2 fully saturated rings. The topological polar surface area (TPSA) is 127 Å². The standard InChI is InChI=1S/C35H37FN10O2/c1-3-30(47)37-24-7-4-6-23(20-24)32-31-33(38-26-10-11-29(28(36)22-26)46-16-18-48-19-17-46)42-43-34(31)41-35(40-32)39-25-8-5-9-27(21-25)45-14-12-44(2)13-15-45/h3-11,20-22H,1,12-19H2,2H3,(H,37,47)(H3,38,39,40,41,42,43). The Hall–Kier alpha value is -5.53. The molecule has 5 aromatic rings. The molecule has 48 heavy (non-hydrogen) atoms. The van der Waals surface area contributed by atoms with Gasteiger partial charge in [-0.05, 0) is 61.7 Å². The van der Waals surface area contributed by atoms with E-state index in [1.807, 2.05) is 41.3 Å². The van der Waals surface area contributed by atoms with Gasteiger partial charge >= 0.3 is 0 Å². The van der Waals surface area contributed by atoms with Gasteiger partial charge in [-0.15, -0.1) is 0 Å². The molecule has 0 aliphatic carbocycles. The van der Waals surface area contributed by atoms with E-state index >= 15 is 4.39 Å². The molecule has 7 rings (SSSR count). The molecule has 2 aromatic heterocycles. The molecule has 4 N–H and O–H groups in total. The first-order chi connectivity index (χ1) is 23.4. The van der Waals surface area contributed by atoms with Gasteiger partial charge in [0.1, 0.15) is 5.82 Å². The van der Waals surface area contributed by atoms with E-state index in [0.29, 0.717) is 71.9 Å². The van der Waals surface area contributed by atoms with Gasteiger partial charge in [0.2, 0.25) is 11.9 Å². The van der Waals surface area contributed by atoms with Crippen molar-refractivity contribution in [3.8, 4) is 11.3 Å². The second-order valence-electron chi connectivity index (χ2n) is 11.8. The molecule has 12 nitrogen and oxygen atoms in total. The molecule has 0 bridgehead atoms. The van der Waals surface area contributed by atoms with E-state index in [9.17, 15) is 4.79 Å². The van der Waals surface area contributed by atoms with Crippen molar-refractivity contribution in [1.29, 1.82) is 0 Å². The van der Waals surface area contributed by atoms with Crippen molar-refractivity contribution < 1.29 is 13.9 Å². The van der Waals surface area contributed by atoms with Crippen LogP contribution < -0.4 is 25.8 Å². The average molecular weight is 649 g/mol. The number of H-pyrrole nitrogens is 1. The van der Waals surface area contributed by atoms with E-state index in [2.05, 4.69) is 61.7 Å². The van der Waals surface area contributed by atoms with Crippen molar-refractivity contribution in [3.05, 3.63) is 85.2 Å². The molecular weight excluding hydrogens is 611 g/mol. The smallest absolute Gasteiger partial charge is 0.247 e. The van der Waals surface area contributed by atoms with Crippen molar-refractivity contribution in [2.75, 3.05) is 85.3 Å². The van der Waals surface area contributed by atoms with Crippen LogP contribution in [0.1, 0.15) is 0 Å². The zero-order valence-electron chi connectivity index (χ0n) is 26.7. The third-order valence-electron chi connectivity index (χ3n) is 8.54. The lowest BCUT2D eigenvalue weighted by Gasteiger charge is -2.34. The highest BCUT2D eigenvalue weighted by Gasteiger charge is 2.20. The number of likely N-dealkylation sites (N-methyl/N-ethyl adjacent to an activating group) is 1. The van der Waals surface area contributed by atoms with Gasteiger partial charge in [-0.1, -0.05) is 24.8 Å². The van der Waals surface area contributed by atoms with Crippen LogP contribution in [0.3, 0.4) is 0 Å². The lowest BCUT2D eigenvalue weighted by atomic mass is 10.1. The van der Waals surface area contributed by atoms with E-state index in [1.54, 1.807) is 12.1 Å². The molecule has 1 amide bonds. The fourth-order valence-corrected chi connectivity index (χ4v) is 5.98. The number of nitrogens with zero attached hydrogens (tertiary/aromatic N) is 6. The third-order valence-corrected chi connectivity index (χ3v) is 8.54. The Morgan fingerprint density at radius 3 is 2.46 bits per heavy atom. The van der Waals surface area contributed by atoms with Crippen molar-refractivity contribution in [3.63, 3.8) is 0 Å². The highest BCUT2D eigenvalue weighted by molar-refractivity contribution is 6.02. The van der Waals surface area contributed by atoms with Gasteiger partial charge in [-0.3, -0.25) is 9.89 Å². The number of aromatic amines is 1. The Balaban J connectivity index is 1.24. The first-order valence-electron chi connectivity index (χ1n) is 15.9. The van der Waals surface area contributed by atoms with Crippen molar-refractivity contribution in [2.45, 2.75) is 0 Å². The Bertz CT molecular complexity index is 1950. The van der Waals surface area contributed by atoms with Crippen LogP contribution in [0, 0.1) is 5.82 Å².